The van der Waals surface area contributed by atoms with E-state index in [0.717, 1.165) is 22.4 Å². The van der Waals surface area contributed by atoms with E-state index in [0.29, 0.717) is 13.2 Å². The average molecular weight is 217 g/mol. The summed E-state index contributed by atoms with van der Waals surface area (Å²) in [4.78, 5) is 0. The van der Waals surface area contributed by atoms with Crippen LogP contribution in [0.1, 0.15) is 16.7 Å². The molecule has 1 aromatic rings. The SMILES string of the molecule is COc1cc(C)c(C2(C#N)COC2)cc1C. The molecule has 2 rings (SSSR count). The summed E-state index contributed by atoms with van der Waals surface area (Å²) in [6.07, 6.45) is 0. The predicted molar refractivity (Wildman–Crippen MR) is 60.6 cm³/mol. The van der Waals surface area contributed by atoms with Gasteiger partial charge in [-0.25, -0.2) is 0 Å². The fourth-order valence-corrected chi connectivity index (χ4v) is 2.11. The van der Waals surface area contributed by atoms with Crippen LogP contribution >= 0.6 is 0 Å². The largest absolute Gasteiger partial charge is 0.496 e. The normalized spacial score (nSPS) is 17.4. The lowest BCUT2D eigenvalue weighted by Gasteiger charge is -2.36. The minimum Gasteiger partial charge on any atom is -0.496 e. The second-order valence-corrected chi connectivity index (χ2v) is 4.32. The van der Waals surface area contributed by atoms with Gasteiger partial charge in [0.15, 0.2) is 0 Å². The zero-order valence-corrected chi connectivity index (χ0v) is 9.83. The summed E-state index contributed by atoms with van der Waals surface area (Å²) in [5, 5.41) is 9.27. The van der Waals surface area contributed by atoms with Crippen molar-refractivity contribution in [3.63, 3.8) is 0 Å². The van der Waals surface area contributed by atoms with Crippen molar-refractivity contribution >= 4 is 0 Å². The Hall–Kier alpha value is -1.53. The Morgan fingerprint density at radius 3 is 2.44 bits per heavy atom. The Morgan fingerprint density at radius 1 is 1.31 bits per heavy atom. The van der Waals surface area contributed by atoms with Crippen molar-refractivity contribution in [3.05, 3.63) is 28.8 Å². The third-order valence-electron chi connectivity index (χ3n) is 3.17. The molecule has 1 heterocycles. The second-order valence-electron chi connectivity index (χ2n) is 4.32. The van der Waals surface area contributed by atoms with E-state index in [9.17, 15) is 5.26 Å². The molecule has 0 aliphatic carbocycles. The summed E-state index contributed by atoms with van der Waals surface area (Å²) in [5.74, 6) is 0.870. The maximum Gasteiger partial charge on any atom is 0.129 e. The van der Waals surface area contributed by atoms with Gasteiger partial charge in [0.2, 0.25) is 0 Å². The molecule has 0 N–H and O–H groups in total. The fraction of sp³-hybridized carbons (Fsp3) is 0.462. The molecule has 0 unspecified atom stereocenters. The number of ether oxygens (including phenoxy) is 2. The van der Waals surface area contributed by atoms with Gasteiger partial charge < -0.3 is 9.47 Å². The van der Waals surface area contributed by atoms with Gasteiger partial charge in [-0.05, 0) is 36.6 Å². The number of rotatable bonds is 2. The Bertz CT molecular complexity index is 456. The lowest BCUT2D eigenvalue weighted by Crippen LogP contribution is -2.46. The molecule has 0 bridgehead atoms. The van der Waals surface area contributed by atoms with Crippen molar-refractivity contribution in [1.29, 1.82) is 5.26 Å². The van der Waals surface area contributed by atoms with Gasteiger partial charge in [0.1, 0.15) is 11.2 Å². The second kappa shape index (κ2) is 3.80. The summed E-state index contributed by atoms with van der Waals surface area (Å²) < 4.78 is 10.4. The molecule has 1 fully saturated rings. The van der Waals surface area contributed by atoms with E-state index in [-0.39, 0.29) is 0 Å². The Balaban J connectivity index is 2.50. The van der Waals surface area contributed by atoms with Crippen LogP contribution in [0, 0.1) is 25.2 Å². The number of benzene rings is 1. The molecule has 0 amide bonds. The first-order chi connectivity index (χ1) is 7.63. The molecule has 0 radical (unpaired) electrons. The molecule has 1 aliphatic rings. The smallest absolute Gasteiger partial charge is 0.129 e. The molecule has 3 nitrogen and oxygen atoms in total. The highest BCUT2D eigenvalue weighted by molar-refractivity contribution is 5.48. The number of methoxy groups -OCH3 is 1. The van der Waals surface area contributed by atoms with Crippen molar-refractivity contribution in [2.45, 2.75) is 19.3 Å². The van der Waals surface area contributed by atoms with Gasteiger partial charge in [-0.2, -0.15) is 5.26 Å². The monoisotopic (exact) mass is 217 g/mol. The lowest BCUT2D eigenvalue weighted by atomic mass is 9.77. The van der Waals surface area contributed by atoms with Gasteiger partial charge in [-0.15, -0.1) is 0 Å². The number of hydrogen-bond donors (Lipinski definition) is 0. The Kier molecular flexibility index (Phi) is 2.61. The Labute approximate surface area is 95.6 Å². The van der Waals surface area contributed by atoms with Crippen LogP contribution in [-0.2, 0) is 10.2 Å². The van der Waals surface area contributed by atoms with E-state index in [1.165, 1.54) is 0 Å². The number of nitrogens with zero attached hydrogens (tertiary/aromatic N) is 1. The topological polar surface area (TPSA) is 42.2 Å². The third-order valence-corrected chi connectivity index (χ3v) is 3.17. The van der Waals surface area contributed by atoms with E-state index in [1.807, 2.05) is 26.0 Å². The summed E-state index contributed by atoms with van der Waals surface area (Å²) in [6, 6.07) is 6.40. The van der Waals surface area contributed by atoms with Gasteiger partial charge in [-0.3, -0.25) is 0 Å². The lowest BCUT2D eigenvalue weighted by molar-refractivity contribution is -0.0301. The highest BCUT2D eigenvalue weighted by Gasteiger charge is 2.42. The van der Waals surface area contributed by atoms with Gasteiger partial charge >= 0.3 is 0 Å². The van der Waals surface area contributed by atoms with Crippen LogP contribution in [-0.4, -0.2) is 20.3 Å². The van der Waals surface area contributed by atoms with E-state index in [4.69, 9.17) is 9.47 Å². The van der Waals surface area contributed by atoms with Crippen LogP contribution in [0.4, 0.5) is 0 Å². The summed E-state index contributed by atoms with van der Waals surface area (Å²) in [6.45, 7) is 4.99. The van der Waals surface area contributed by atoms with Crippen molar-refractivity contribution in [1.82, 2.24) is 0 Å². The molecule has 1 aliphatic heterocycles. The van der Waals surface area contributed by atoms with Gasteiger partial charge in [-0.1, -0.05) is 6.07 Å². The maximum atomic E-state index is 9.27. The van der Waals surface area contributed by atoms with Crippen molar-refractivity contribution in [2.75, 3.05) is 20.3 Å². The summed E-state index contributed by atoms with van der Waals surface area (Å²) in [7, 11) is 1.66. The third kappa shape index (κ3) is 1.46. The molecule has 1 saturated heterocycles. The van der Waals surface area contributed by atoms with Crippen molar-refractivity contribution < 1.29 is 9.47 Å². The van der Waals surface area contributed by atoms with Crippen LogP contribution in [0.25, 0.3) is 0 Å². The van der Waals surface area contributed by atoms with Gasteiger partial charge in [0.25, 0.3) is 0 Å². The molecule has 1 aromatic carbocycles. The summed E-state index contributed by atoms with van der Waals surface area (Å²) in [5.41, 5.74) is 2.78. The minimum absolute atomic E-state index is 0.443. The molecule has 0 aromatic heterocycles. The molecule has 0 saturated carbocycles. The molecule has 84 valence electrons. The van der Waals surface area contributed by atoms with Crippen LogP contribution < -0.4 is 4.74 Å². The molecule has 0 atom stereocenters. The average Bonchev–Trinajstić information content (AvgIpc) is 2.22. The fourth-order valence-electron chi connectivity index (χ4n) is 2.11. The van der Waals surface area contributed by atoms with E-state index in [2.05, 4.69) is 6.07 Å². The standard InChI is InChI=1S/C13H15NO2/c1-9-5-12(15-3)10(2)4-11(9)13(6-14)7-16-8-13/h4-5H,7-8H2,1-3H3. The molecular weight excluding hydrogens is 202 g/mol. The molecule has 3 heteroatoms. The molecule has 16 heavy (non-hydrogen) atoms. The molecular formula is C13H15NO2. The van der Waals surface area contributed by atoms with Crippen LogP contribution in [0.3, 0.4) is 0 Å². The number of hydrogen-bond acceptors (Lipinski definition) is 3. The highest BCUT2D eigenvalue weighted by Crippen LogP contribution is 2.36. The zero-order chi connectivity index (χ0) is 11.8. The van der Waals surface area contributed by atoms with Crippen LogP contribution in [0.5, 0.6) is 5.75 Å². The van der Waals surface area contributed by atoms with Crippen molar-refractivity contribution in [2.24, 2.45) is 0 Å². The zero-order valence-electron chi connectivity index (χ0n) is 9.83. The molecule has 0 spiro atoms. The number of nitriles is 1. The maximum absolute atomic E-state index is 9.27. The quantitative estimate of drug-likeness (QED) is 0.761. The van der Waals surface area contributed by atoms with E-state index < -0.39 is 5.41 Å². The Morgan fingerprint density at radius 2 is 2.00 bits per heavy atom. The number of aryl methyl sites for hydroxylation is 2. The first kappa shape index (κ1) is 11.0. The van der Waals surface area contributed by atoms with Crippen LogP contribution in [0.2, 0.25) is 0 Å². The van der Waals surface area contributed by atoms with E-state index >= 15 is 0 Å². The summed E-state index contributed by atoms with van der Waals surface area (Å²) >= 11 is 0. The minimum atomic E-state index is -0.443. The first-order valence-electron chi connectivity index (χ1n) is 5.28. The van der Waals surface area contributed by atoms with Gasteiger partial charge in [0, 0.05) is 0 Å². The van der Waals surface area contributed by atoms with Crippen LogP contribution in [0.15, 0.2) is 12.1 Å². The van der Waals surface area contributed by atoms with Gasteiger partial charge in [0.05, 0.1) is 26.4 Å². The predicted octanol–water partition coefficient (Wildman–Crippen LogP) is 2.10. The van der Waals surface area contributed by atoms with E-state index in [1.54, 1.807) is 7.11 Å². The highest BCUT2D eigenvalue weighted by atomic mass is 16.5. The first-order valence-corrected chi connectivity index (χ1v) is 5.28. The van der Waals surface area contributed by atoms with Crippen molar-refractivity contribution in [3.8, 4) is 11.8 Å².